The Morgan fingerprint density at radius 3 is 2.47 bits per heavy atom. The van der Waals surface area contributed by atoms with Crippen LogP contribution in [0.3, 0.4) is 0 Å². The molecule has 1 heterocycles. The maximum Gasteiger partial charge on any atom is 0.270 e. The number of hydrogen-bond donors (Lipinski definition) is 0. The van der Waals surface area contributed by atoms with Gasteiger partial charge in [-0.25, -0.2) is 8.42 Å². The molecule has 11 heteroatoms. The molecule has 2 aromatic carbocycles. The van der Waals surface area contributed by atoms with Crippen LogP contribution in [0.4, 0.5) is 5.69 Å². The predicted molar refractivity (Wildman–Crippen MR) is 113 cm³/mol. The Morgan fingerprint density at radius 2 is 1.80 bits per heavy atom. The van der Waals surface area contributed by atoms with E-state index in [1.165, 1.54) is 22.5 Å². The van der Waals surface area contributed by atoms with Crippen molar-refractivity contribution in [2.24, 2.45) is 0 Å². The fourth-order valence-corrected chi connectivity index (χ4v) is 4.90. The molecule has 1 aliphatic heterocycles. The first-order valence-electron chi connectivity index (χ1n) is 9.18. The number of amides is 1. The number of halogens is 1. The molecule has 0 spiro atoms. The smallest absolute Gasteiger partial charge is 0.270 e. The van der Waals surface area contributed by atoms with E-state index in [9.17, 15) is 23.3 Å². The van der Waals surface area contributed by atoms with Gasteiger partial charge in [-0.15, -0.1) is 0 Å². The topological polar surface area (TPSA) is 110 Å². The van der Waals surface area contributed by atoms with Crippen molar-refractivity contribution in [3.63, 3.8) is 0 Å². The summed E-state index contributed by atoms with van der Waals surface area (Å²) in [6.45, 7) is 0.988. The molecule has 0 radical (unpaired) electrons. The fourth-order valence-electron chi connectivity index (χ4n) is 3.06. The molecule has 1 saturated heterocycles. The molecule has 160 valence electrons. The van der Waals surface area contributed by atoms with Crippen LogP contribution >= 0.6 is 15.9 Å². The predicted octanol–water partition coefficient (Wildman–Crippen LogP) is 2.66. The number of nitrogens with zero attached hydrogens (tertiary/aromatic N) is 3. The van der Waals surface area contributed by atoms with Crippen molar-refractivity contribution in [2.75, 3.05) is 32.8 Å². The summed E-state index contributed by atoms with van der Waals surface area (Å²) in [6, 6.07) is 12.3. The lowest BCUT2D eigenvalue weighted by Gasteiger charge is -2.34. The largest absolute Gasteiger partial charge is 0.493 e. The van der Waals surface area contributed by atoms with E-state index in [0.29, 0.717) is 5.75 Å². The molecule has 0 atom stereocenters. The van der Waals surface area contributed by atoms with Crippen LogP contribution in [0.1, 0.15) is 6.42 Å². The number of piperazine rings is 1. The summed E-state index contributed by atoms with van der Waals surface area (Å²) < 4.78 is 33.2. The molecule has 0 bridgehead atoms. The molecule has 0 aliphatic carbocycles. The van der Waals surface area contributed by atoms with Crippen molar-refractivity contribution >= 4 is 37.5 Å². The first kappa shape index (κ1) is 22.2. The van der Waals surface area contributed by atoms with Gasteiger partial charge in [-0.2, -0.15) is 4.31 Å². The van der Waals surface area contributed by atoms with Crippen LogP contribution in [0.2, 0.25) is 0 Å². The van der Waals surface area contributed by atoms with E-state index in [1.807, 2.05) is 18.2 Å². The van der Waals surface area contributed by atoms with Gasteiger partial charge in [0.2, 0.25) is 15.9 Å². The molecule has 9 nitrogen and oxygen atoms in total. The number of carbonyl (C=O) groups excluding carboxylic acids is 1. The van der Waals surface area contributed by atoms with Gasteiger partial charge < -0.3 is 9.64 Å². The van der Waals surface area contributed by atoms with Crippen molar-refractivity contribution in [3.8, 4) is 5.75 Å². The molecular formula is C19H20BrN3O6S. The number of sulfonamides is 1. The Kier molecular flexibility index (Phi) is 7.06. The Bertz CT molecular complexity index is 1040. The van der Waals surface area contributed by atoms with Gasteiger partial charge in [0.25, 0.3) is 5.69 Å². The third-order valence-electron chi connectivity index (χ3n) is 4.64. The van der Waals surface area contributed by atoms with Gasteiger partial charge >= 0.3 is 0 Å². The van der Waals surface area contributed by atoms with Crippen LogP contribution < -0.4 is 4.74 Å². The van der Waals surface area contributed by atoms with Crippen LogP contribution in [0.15, 0.2) is 57.9 Å². The molecule has 0 unspecified atom stereocenters. The van der Waals surface area contributed by atoms with Crippen LogP contribution in [-0.2, 0) is 14.8 Å². The van der Waals surface area contributed by atoms with Gasteiger partial charge in [0.15, 0.2) is 0 Å². The highest BCUT2D eigenvalue weighted by Crippen LogP contribution is 2.22. The zero-order valence-corrected chi connectivity index (χ0v) is 18.3. The number of ether oxygens (including phenoxy) is 1. The monoisotopic (exact) mass is 497 g/mol. The third kappa shape index (κ3) is 5.35. The van der Waals surface area contributed by atoms with E-state index in [0.717, 1.165) is 10.5 Å². The van der Waals surface area contributed by atoms with Crippen molar-refractivity contribution in [1.29, 1.82) is 0 Å². The standard InChI is InChI=1S/C19H20BrN3O6S/c20-15-3-1-5-17(13-15)29-12-7-19(24)21-8-10-22(11-9-21)30(27,28)18-6-2-4-16(14-18)23(25)26/h1-6,13-14H,7-12H2. The summed E-state index contributed by atoms with van der Waals surface area (Å²) in [4.78, 5) is 24.1. The molecule has 1 aliphatic rings. The molecule has 0 saturated carbocycles. The van der Waals surface area contributed by atoms with Gasteiger partial charge in [-0.05, 0) is 24.3 Å². The SMILES string of the molecule is O=C(CCOc1cccc(Br)c1)N1CCN(S(=O)(=O)c2cccc([N+](=O)[O-])c2)CC1. The van der Waals surface area contributed by atoms with E-state index in [4.69, 9.17) is 4.74 Å². The van der Waals surface area contributed by atoms with Crippen molar-refractivity contribution < 1.29 is 22.9 Å². The third-order valence-corrected chi connectivity index (χ3v) is 7.03. The maximum atomic E-state index is 12.8. The van der Waals surface area contributed by atoms with Gasteiger partial charge in [0.1, 0.15) is 5.75 Å². The van der Waals surface area contributed by atoms with Crippen molar-refractivity contribution in [1.82, 2.24) is 9.21 Å². The van der Waals surface area contributed by atoms with E-state index < -0.39 is 14.9 Å². The number of non-ortho nitro benzene ring substituents is 1. The van der Waals surface area contributed by atoms with E-state index >= 15 is 0 Å². The lowest BCUT2D eigenvalue weighted by atomic mass is 10.3. The highest BCUT2D eigenvalue weighted by atomic mass is 79.9. The number of nitro benzene ring substituents is 1. The first-order valence-corrected chi connectivity index (χ1v) is 11.4. The minimum Gasteiger partial charge on any atom is -0.493 e. The lowest BCUT2D eigenvalue weighted by molar-refractivity contribution is -0.385. The highest BCUT2D eigenvalue weighted by molar-refractivity contribution is 9.10. The molecule has 30 heavy (non-hydrogen) atoms. The summed E-state index contributed by atoms with van der Waals surface area (Å²) in [5, 5.41) is 10.9. The Hall–Kier alpha value is -2.50. The minimum atomic E-state index is -3.86. The number of carbonyl (C=O) groups is 1. The average molecular weight is 498 g/mol. The zero-order valence-electron chi connectivity index (χ0n) is 15.9. The molecule has 1 amide bonds. The Balaban J connectivity index is 1.53. The van der Waals surface area contributed by atoms with Gasteiger partial charge in [-0.1, -0.05) is 28.1 Å². The molecule has 0 aromatic heterocycles. The van der Waals surface area contributed by atoms with Crippen molar-refractivity contribution in [3.05, 3.63) is 63.1 Å². The number of nitro groups is 1. The number of benzene rings is 2. The van der Waals surface area contributed by atoms with E-state index in [1.54, 1.807) is 11.0 Å². The second kappa shape index (κ2) is 9.54. The quantitative estimate of drug-likeness (QED) is 0.429. The second-order valence-corrected chi connectivity index (χ2v) is 9.45. The first-order chi connectivity index (χ1) is 14.3. The zero-order chi connectivity index (χ0) is 21.7. The minimum absolute atomic E-state index is 0.114. The average Bonchev–Trinajstić information content (AvgIpc) is 2.74. The molecule has 3 rings (SSSR count). The molecule has 1 fully saturated rings. The Morgan fingerprint density at radius 1 is 1.10 bits per heavy atom. The van der Waals surface area contributed by atoms with E-state index in [2.05, 4.69) is 15.9 Å². The van der Waals surface area contributed by atoms with E-state index in [-0.39, 0.29) is 55.7 Å². The second-order valence-electron chi connectivity index (χ2n) is 6.60. The molecule has 2 aromatic rings. The summed E-state index contributed by atoms with van der Waals surface area (Å²) in [5.41, 5.74) is -0.282. The van der Waals surface area contributed by atoms with Crippen LogP contribution in [0.25, 0.3) is 0 Å². The van der Waals surface area contributed by atoms with Crippen LogP contribution in [-0.4, -0.2) is 61.2 Å². The lowest BCUT2D eigenvalue weighted by Crippen LogP contribution is -2.50. The number of rotatable bonds is 7. The maximum absolute atomic E-state index is 12.8. The van der Waals surface area contributed by atoms with Gasteiger partial charge in [0.05, 0.1) is 22.8 Å². The van der Waals surface area contributed by atoms with Crippen LogP contribution in [0, 0.1) is 10.1 Å². The van der Waals surface area contributed by atoms with Gasteiger partial charge in [0, 0.05) is 42.8 Å². The highest BCUT2D eigenvalue weighted by Gasteiger charge is 2.30. The Labute approximate surface area is 182 Å². The fraction of sp³-hybridized carbons (Fsp3) is 0.316. The summed E-state index contributed by atoms with van der Waals surface area (Å²) in [5.74, 6) is 0.544. The van der Waals surface area contributed by atoms with Crippen LogP contribution in [0.5, 0.6) is 5.75 Å². The van der Waals surface area contributed by atoms with Gasteiger partial charge in [-0.3, -0.25) is 14.9 Å². The summed E-state index contributed by atoms with van der Waals surface area (Å²) in [6.07, 6.45) is 0.185. The van der Waals surface area contributed by atoms with Crippen molar-refractivity contribution in [2.45, 2.75) is 11.3 Å². The summed E-state index contributed by atoms with van der Waals surface area (Å²) >= 11 is 3.35. The normalized spacial score (nSPS) is 15.0. The number of hydrogen-bond acceptors (Lipinski definition) is 6. The molecular weight excluding hydrogens is 478 g/mol. The molecule has 0 N–H and O–H groups in total. The summed E-state index contributed by atoms with van der Waals surface area (Å²) in [7, 11) is -3.86.